The largest absolute Gasteiger partial charge is 0.483 e. The zero-order valence-electron chi connectivity index (χ0n) is 16.2. The predicted molar refractivity (Wildman–Crippen MR) is 101 cm³/mol. The minimum Gasteiger partial charge on any atom is -0.483 e. The average Bonchev–Trinajstić information content (AvgIpc) is 2.61. The molecule has 0 aliphatic carbocycles. The quantitative estimate of drug-likeness (QED) is 0.721. The number of hydrogen-bond donors (Lipinski definition) is 2. The van der Waals surface area contributed by atoms with Crippen LogP contribution in [0.4, 0.5) is 0 Å². The molecule has 0 aliphatic rings. The molecule has 7 nitrogen and oxygen atoms in total. The molecule has 0 saturated carbocycles. The number of aryl methyl sites for hydroxylation is 2. The highest BCUT2D eigenvalue weighted by atomic mass is 16.5. The third-order valence-electron chi connectivity index (χ3n) is 4.81. The van der Waals surface area contributed by atoms with Gasteiger partial charge in [0.2, 0.25) is 0 Å². The maximum absolute atomic E-state index is 12.2. The number of aliphatic carboxylic acids is 1. The minimum absolute atomic E-state index is 0.203. The van der Waals surface area contributed by atoms with Crippen molar-refractivity contribution in [3.8, 4) is 5.75 Å². The Kier molecular flexibility index (Phi) is 6.25. The van der Waals surface area contributed by atoms with Crippen LogP contribution in [0.1, 0.15) is 37.0 Å². The molecule has 0 bridgehead atoms. The van der Waals surface area contributed by atoms with Crippen LogP contribution in [0.15, 0.2) is 21.3 Å². The first kappa shape index (κ1) is 20.5. The van der Waals surface area contributed by atoms with Gasteiger partial charge in [0.05, 0.1) is 5.39 Å². The van der Waals surface area contributed by atoms with Crippen molar-refractivity contribution in [3.05, 3.63) is 39.2 Å². The normalized spacial score (nSPS) is 13.2. The maximum atomic E-state index is 12.2. The Hall–Kier alpha value is -2.83. The van der Waals surface area contributed by atoms with Crippen molar-refractivity contribution in [2.75, 3.05) is 6.61 Å². The number of hydrogen-bond acceptors (Lipinski definition) is 5. The molecular weight excluding hydrogens is 350 g/mol. The van der Waals surface area contributed by atoms with E-state index in [2.05, 4.69) is 5.32 Å². The number of carboxylic acid groups (broad SMARTS) is 1. The van der Waals surface area contributed by atoms with Crippen LogP contribution in [0, 0.1) is 26.7 Å². The standard InChI is InChI=1S/C20H25NO6/c1-6-11(3)18(19(23)24)21-16(22)9-26-14-7-10(2)8-15-17(14)12(4)13(5)20(25)27-15/h7-8,11,18H,6,9H2,1-5H3,(H,21,22)(H,23,24). The van der Waals surface area contributed by atoms with Crippen molar-refractivity contribution >= 4 is 22.8 Å². The Balaban J connectivity index is 2.26. The molecule has 146 valence electrons. The molecule has 27 heavy (non-hydrogen) atoms. The molecule has 1 aromatic carbocycles. The van der Waals surface area contributed by atoms with Crippen molar-refractivity contribution in [1.29, 1.82) is 0 Å². The molecule has 2 atom stereocenters. The molecule has 0 fully saturated rings. The molecule has 1 heterocycles. The zero-order chi connectivity index (χ0) is 20.3. The lowest BCUT2D eigenvalue weighted by Crippen LogP contribution is -2.46. The molecule has 0 saturated heterocycles. The molecule has 2 rings (SSSR count). The molecule has 2 aromatic rings. The van der Waals surface area contributed by atoms with E-state index in [-0.39, 0.29) is 12.5 Å². The van der Waals surface area contributed by atoms with Crippen LogP contribution >= 0.6 is 0 Å². The topological polar surface area (TPSA) is 106 Å². The lowest BCUT2D eigenvalue weighted by Gasteiger charge is -2.20. The van der Waals surface area contributed by atoms with Gasteiger partial charge in [-0.2, -0.15) is 0 Å². The van der Waals surface area contributed by atoms with Crippen molar-refractivity contribution in [3.63, 3.8) is 0 Å². The average molecular weight is 375 g/mol. The third-order valence-corrected chi connectivity index (χ3v) is 4.81. The highest BCUT2D eigenvalue weighted by Crippen LogP contribution is 2.30. The van der Waals surface area contributed by atoms with Gasteiger partial charge in [-0.3, -0.25) is 4.79 Å². The Morgan fingerprint density at radius 2 is 1.89 bits per heavy atom. The summed E-state index contributed by atoms with van der Waals surface area (Å²) in [6, 6.07) is 2.52. The van der Waals surface area contributed by atoms with E-state index in [0.29, 0.717) is 28.7 Å². The fourth-order valence-corrected chi connectivity index (χ4v) is 2.84. The molecule has 1 amide bonds. The van der Waals surface area contributed by atoms with Crippen LogP contribution in [-0.2, 0) is 9.59 Å². The van der Waals surface area contributed by atoms with E-state index >= 15 is 0 Å². The van der Waals surface area contributed by atoms with Crippen molar-refractivity contribution in [2.24, 2.45) is 5.92 Å². The first-order valence-corrected chi connectivity index (χ1v) is 8.85. The second-order valence-corrected chi connectivity index (χ2v) is 6.83. The second kappa shape index (κ2) is 8.24. The first-order valence-electron chi connectivity index (χ1n) is 8.85. The number of rotatable bonds is 7. The van der Waals surface area contributed by atoms with Gasteiger partial charge in [0, 0.05) is 5.56 Å². The third kappa shape index (κ3) is 4.48. The second-order valence-electron chi connectivity index (χ2n) is 6.83. The van der Waals surface area contributed by atoms with Crippen molar-refractivity contribution in [2.45, 2.75) is 47.1 Å². The van der Waals surface area contributed by atoms with Gasteiger partial charge >= 0.3 is 11.6 Å². The Bertz CT molecular complexity index is 930. The number of nitrogens with one attached hydrogen (secondary N) is 1. The van der Waals surface area contributed by atoms with Crippen LogP contribution in [0.2, 0.25) is 0 Å². The molecule has 0 radical (unpaired) electrons. The van der Waals surface area contributed by atoms with E-state index in [1.165, 1.54) is 0 Å². The van der Waals surface area contributed by atoms with E-state index in [1.807, 2.05) is 13.8 Å². The zero-order valence-corrected chi connectivity index (χ0v) is 16.2. The summed E-state index contributed by atoms with van der Waals surface area (Å²) in [6.07, 6.45) is 0.623. The van der Waals surface area contributed by atoms with Gasteiger partial charge in [-0.15, -0.1) is 0 Å². The smallest absolute Gasteiger partial charge is 0.339 e. The maximum Gasteiger partial charge on any atom is 0.339 e. The summed E-state index contributed by atoms with van der Waals surface area (Å²) in [5, 5.41) is 12.4. The number of ether oxygens (including phenoxy) is 1. The Morgan fingerprint density at radius 3 is 2.48 bits per heavy atom. The number of carboxylic acids is 1. The van der Waals surface area contributed by atoms with Crippen LogP contribution in [0.25, 0.3) is 11.0 Å². The Morgan fingerprint density at radius 1 is 1.22 bits per heavy atom. The fourth-order valence-electron chi connectivity index (χ4n) is 2.84. The molecule has 2 N–H and O–H groups in total. The van der Waals surface area contributed by atoms with Gasteiger partial charge in [-0.1, -0.05) is 20.3 Å². The first-order chi connectivity index (χ1) is 12.6. The highest BCUT2D eigenvalue weighted by molar-refractivity contribution is 5.89. The van der Waals surface area contributed by atoms with Crippen LogP contribution in [0.5, 0.6) is 5.75 Å². The van der Waals surface area contributed by atoms with Gasteiger partial charge in [0.25, 0.3) is 5.91 Å². The van der Waals surface area contributed by atoms with Gasteiger partial charge < -0.3 is 19.6 Å². The summed E-state index contributed by atoms with van der Waals surface area (Å²) in [6.45, 7) is 8.57. The van der Waals surface area contributed by atoms with Crippen LogP contribution in [-0.4, -0.2) is 29.6 Å². The summed E-state index contributed by atoms with van der Waals surface area (Å²) in [5.74, 6) is -1.39. The summed E-state index contributed by atoms with van der Waals surface area (Å²) in [4.78, 5) is 35.4. The van der Waals surface area contributed by atoms with Gasteiger partial charge in [0.15, 0.2) is 6.61 Å². The SMILES string of the molecule is CCC(C)C(NC(=O)COc1cc(C)cc2oc(=O)c(C)c(C)c12)C(=O)O. The minimum atomic E-state index is -1.08. The van der Waals surface area contributed by atoms with Crippen molar-refractivity contribution < 1.29 is 23.8 Å². The molecule has 2 unspecified atom stereocenters. The van der Waals surface area contributed by atoms with E-state index < -0.39 is 23.5 Å². The number of carbonyl (C=O) groups excluding carboxylic acids is 1. The molecule has 7 heteroatoms. The summed E-state index contributed by atoms with van der Waals surface area (Å²) in [5.41, 5.74) is 1.99. The predicted octanol–water partition coefficient (Wildman–Crippen LogP) is 2.71. The molecule has 0 aliphatic heterocycles. The number of amides is 1. The Labute approximate surface area is 157 Å². The summed E-state index contributed by atoms with van der Waals surface area (Å²) >= 11 is 0. The lowest BCUT2D eigenvalue weighted by molar-refractivity contribution is -0.143. The van der Waals surface area contributed by atoms with E-state index in [0.717, 1.165) is 11.1 Å². The van der Waals surface area contributed by atoms with E-state index in [4.69, 9.17) is 9.15 Å². The van der Waals surface area contributed by atoms with Crippen molar-refractivity contribution in [1.82, 2.24) is 5.32 Å². The summed E-state index contributed by atoms with van der Waals surface area (Å²) < 4.78 is 11.0. The highest BCUT2D eigenvalue weighted by Gasteiger charge is 2.25. The summed E-state index contributed by atoms with van der Waals surface area (Å²) in [7, 11) is 0. The number of fused-ring (bicyclic) bond motifs is 1. The molecular formula is C20H25NO6. The van der Waals surface area contributed by atoms with Gasteiger partial charge in [-0.25, -0.2) is 9.59 Å². The number of carbonyl (C=O) groups is 2. The fraction of sp³-hybridized carbons (Fsp3) is 0.450. The van der Waals surface area contributed by atoms with Gasteiger partial charge in [0.1, 0.15) is 17.4 Å². The van der Waals surface area contributed by atoms with E-state index in [1.54, 1.807) is 32.9 Å². The van der Waals surface area contributed by atoms with Crippen LogP contribution < -0.4 is 15.7 Å². The van der Waals surface area contributed by atoms with Gasteiger partial charge in [-0.05, 0) is 49.9 Å². The number of benzene rings is 1. The molecule has 0 spiro atoms. The van der Waals surface area contributed by atoms with E-state index in [9.17, 15) is 19.5 Å². The monoisotopic (exact) mass is 375 g/mol. The molecule has 1 aromatic heterocycles. The lowest BCUT2D eigenvalue weighted by atomic mass is 9.99. The van der Waals surface area contributed by atoms with Crippen LogP contribution in [0.3, 0.4) is 0 Å².